The van der Waals surface area contributed by atoms with Gasteiger partial charge in [-0.2, -0.15) is 26.7 Å². The first-order chi connectivity index (χ1) is 23.3. The molecule has 0 spiro atoms. The van der Waals surface area contributed by atoms with E-state index < -0.39 is 43.9 Å². The van der Waals surface area contributed by atoms with Crippen LogP contribution < -0.4 is 14.3 Å². The number of alkyl halides is 3. The smallest absolute Gasteiger partial charge is 0.468 e. The Bertz CT molecular complexity index is 2350. The van der Waals surface area contributed by atoms with Gasteiger partial charge in [-0.05, 0) is 57.8 Å². The number of aryl methyl sites for hydroxylation is 1. The summed E-state index contributed by atoms with van der Waals surface area (Å²) in [7, 11) is -1.99. The van der Waals surface area contributed by atoms with Crippen molar-refractivity contribution in [1.29, 1.82) is 0 Å². The van der Waals surface area contributed by atoms with Crippen LogP contribution in [-0.4, -0.2) is 53.3 Å². The van der Waals surface area contributed by atoms with Gasteiger partial charge < -0.3 is 4.74 Å². The van der Waals surface area contributed by atoms with Gasteiger partial charge in [-0.3, -0.25) is 9.88 Å². The number of nitrogens with zero attached hydrogens (tertiary/aromatic N) is 7. The van der Waals surface area contributed by atoms with Crippen LogP contribution in [0.25, 0.3) is 27.7 Å². The minimum Gasteiger partial charge on any atom is -0.481 e. The first-order valence-corrected chi connectivity index (χ1v) is 15.9. The Kier molecular flexibility index (Phi) is 7.46. The molecule has 2 amide bonds. The molecule has 3 aromatic carbocycles. The number of benzene rings is 3. The maximum atomic E-state index is 14.7. The van der Waals surface area contributed by atoms with Gasteiger partial charge in [0, 0.05) is 37.0 Å². The van der Waals surface area contributed by atoms with Crippen molar-refractivity contribution in [2.24, 2.45) is 0 Å². The van der Waals surface area contributed by atoms with Crippen LogP contribution in [0.15, 0.2) is 103 Å². The van der Waals surface area contributed by atoms with Crippen molar-refractivity contribution >= 4 is 44.1 Å². The molecule has 7 rings (SSSR count). The molecule has 0 saturated carbocycles. The fourth-order valence-electron chi connectivity index (χ4n) is 5.73. The number of hydroxylamine groups is 1. The Morgan fingerprint density at radius 1 is 0.878 bits per heavy atom. The number of methoxy groups -OCH3 is 1. The molecule has 1 unspecified atom stereocenters. The lowest BCUT2D eigenvalue weighted by Gasteiger charge is -2.28. The van der Waals surface area contributed by atoms with E-state index in [1.807, 2.05) is 0 Å². The van der Waals surface area contributed by atoms with Gasteiger partial charge in [0.25, 0.3) is 0 Å². The quantitative estimate of drug-likeness (QED) is 0.167. The zero-order valence-electron chi connectivity index (χ0n) is 26.0. The molecular formula is C33H25F3N7O5S+. The van der Waals surface area contributed by atoms with Crippen molar-refractivity contribution in [1.82, 2.24) is 29.4 Å². The summed E-state index contributed by atoms with van der Waals surface area (Å²) in [4.78, 5) is 27.8. The highest BCUT2D eigenvalue weighted by Crippen LogP contribution is 2.54. The Labute approximate surface area is 277 Å². The van der Waals surface area contributed by atoms with Crippen LogP contribution >= 0.6 is 0 Å². The van der Waals surface area contributed by atoms with Crippen LogP contribution in [0.1, 0.15) is 11.1 Å². The first kappa shape index (κ1) is 31.9. The second-order valence-corrected chi connectivity index (χ2v) is 12.7. The number of carbonyl (C=O) groups is 1. The van der Waals surface area contributed by atoms with Crippen molar-refractivity contribution in [2.75, 3.05) is 19.1 Å². The number of urea groups is 1. The molecule has 1 atom stereocenters. The molecule has 49 heavy (non-hydrogen) atoms. The Hall–Kier alpha value is -5.71. The summed E-state index contributed by atoms with van der Waals surface area (Å²) in [6.45, 7) is 1.75. The maximum absolute atomic E-state index is 14.7. The normalized spacial score (nSPS) is 16.3. The molecule has 0 aliphatic carbocycles. The van der Waals surface area contributed by atoms with Crippen molar-refractivity contribution in [3.63, 3.8) is 0 Å². The van der Waals surface area contributed by atoms with Crippen molar-refractivity contribution < 1.29 is 35.4 Å². The summed E-state index contributed by atoms with van der Waals surface area (Å²) in [5.74, 6) is 0.375. The topological polar surface area (TPSA) is 129 Å². The largest absolute Gasteiger partial charge is 0.481 e. The minimum absolute atomic E-state index is 0.0573. The molecule has 1 aliphatic heterocycles. The first-order valence-electron chi connectivity index (χ1n) is 14.5. The van der Waals surface area contributed by atoms with Gasteiger partial charge in [0.2, 0.25) is 11.6 Å². The van der Waals surface area contributed by atoms with E-state index in [0.29, 0.717) is 28.6 Å². The summed E-state index contributed by atoms with van der Waals surface area (Å²) in [6.07, 6.45) is 0.103. The lowest BCUT2D eigenvalue weighted by molar-refractivity contribution is -0.137. The van der Waals surface area contributed by atoms with Gasteiger partial charge in [0.1, 0.15) is 18.3 Å². The zero-order chi connectivity index (χ0) is 34.7. The van der Waals surface area contributed by atoms with Gasteiger partial charge in [-0.15, -0.1) is 0 Å². The lowest BCUT2D eigenvalue weighted by Crippen LogP contribution is -2.51. The summed E-state index contributed by atoms with van der Waals surface area (Å²) in [5, 5.41) is 4.09. The number of anilines is 1. The number of rotatable bonds is 7. The predicted octanol–water partition coefficient (Wildman–Crippen LogP) is 6.74. The van der Waals surface area contributed by atoms with Crippen LogP contribution in [-0.2, 0) is 20.6 Å². The van der Waals surface area contributed by atoms with Crippen LogP contribution in [0.5, 0.6) is 5.88 Å². The molecule has 0 radical (unpaired) electrons. The van der Waals surface area contributed by atoms with Crippen LogP contribution in [0.4, 0.5) is 35.0 Å². The number of carbonyl (C=O) groups excluding carboxylic acids is 1. The van der Waals surface area contributed by atoms with E-state index in [0.717, 1.165) is 33.9 Å². The Morgan fingerprint density at radius 3 is 2.29 bits per heavy atom. The number of amides is 2. The predicted molar refractivity (Wildman–Crippen MR) is 173 cm³/mol. The molecule has 248 valence electrons. The van der Waals surface area contributed by atoms with Gasteiger partial charge in [0.15, 0.2) is 5.69 Å². The molecule has 0 fully saturated rings. The Morgan fingerprint density at radius 2 is 1.63 bits per heavy atom. The highest BCUT2D eigenvalue weighted by molar-refractivity contribution is 7.86. The second kappa shape index (κ2) is 11.5. The van der Waals surface area contributed by atoms with Crippen molar-refractivity contribution in [3.05, 3.63) is 109 Å². The number of quaternary nitrogens is 1. The molecule has 0 N–H and O–H groups in total. The fraction of sp³-hybridized carbons (Fsp3) is 0.121. The molecular weight excluding hydrogens is 663 g/mol. The average Bonchev–Trinajstić information content (AvgIpc) is 3.70. The van der Waals surface area contributed by atoms with Gasteiger partial charge >= 0.3 is 22.3 Å². The van der Waals surface area contributed by atoms with E-state index in [2.05, 4.69) is 20.1 Å². The molecule has 16 heteroatoms. The van der Waals surface area contributed by atoms with E-state index in [9.17, 15) is 26.4 Å². The highest BCUT2D eigenvalue weighted by atomic mass is 32.2. The third-order valence-electron chi connectivity index (χ3n) is 8.17. The van der Waals surface area contributed by atoms with Crippen LogP contribution in [0.2, 0.25) is 0 Å². The lowest BCUT2D eigenvalue weighted by atomic mass is 10.0. The summed E-state index contributed by atoms with van der Waals surface area (Å²) < 4.78 is 82.8. The monoisotopic (exact) mass is 688 g/mol. The van der Waals surface area contributed by atoms with Crippen molar-refractivity contribution in [3.8, 4) is 22.7 Å². The Balaban J connectivity index is 1.55. The van der Waals surface area contributed by atoms with Gasteiger partial charge in [0.05, 0.1) is 40.4 Å². The van der Waals surface area contributed by atoms with E-state index in [1.165, 1.54) is 50.7 Å². The van der Waals surface area contributed by atoms with E-state index in [1.54, 1.807) is 43.5 Å². The van der Waals surface area contributed by atoms with Crippen LogP contribution in [0.3, 0.4) is 0 Å². The fourth-order valence-corrected chi connectivity index (χ4v) is 6.81. The number of hydrogen-bond donors (Lipinski definition) is 0. The van der Waals surface area contributed by atoms with Gasteiger partial charge in [-0.1, -0.05) is 23.8 Å². The third-order valence-corrected chi connectivity index (χ3v) is 9.44. The SMILES string of the molecule is COc1ccc(-c2ccc3ncc4c(c3c2)[N+](OS(=O)(=O)c2ccc(C)cc2)(c2ccc(-n3cncn3)c(C(F)(F)F)c2)C(=O)N4C)cn1. The minimum atomic E-state index is -4.97. The molecule has 4 heterocycles. The molecule has 1 aliphatic rings. The highest BCUT2D eigenvalue weighted by Gasteiger charge is 2.60. The third kappa shape index (κ3) is 5.26. The second-order valence-electron chi connectivity index (χ2n) is 11.1. The maximum Gasteiger partial charge on any atom is 0.468 e. The number of hydrogen-bond acceptors (Lipinski definition) is 9. The number of halogens is 3. The molecule has 3 aromatic heterocycles. The summed E-state index contributed by atoms with van der Waals surface area (Å²) >= 11 is 0. The summed E-state index contributed by atoms with van der Waals surface area (Å²) in [6, 6.07) is 16.1. The molecule has 6 aromatic rings. The van der Waals surface area contributed by atoms with E-state index in [-0.39, 0.29) is 21.7 Å². The van der Waals surface area contributed by atoms with E-state index >= 15 is 0 Å². The number of aromatic nitrogens is 5. The molecule has 0 bridgehead atoms. The average molecular weight is 689 g/mol. The number of pyridine rings is 2. The molecule has 12 nitrogen and oxygen atoms in total. The number of ether oxygens (including phenoxy) is 1. The molecule has 0 saturated heterocycles. The van der Waals surface area contributed by atoms with E-state index in [4.69, 9.17) is 9.02 Å². The number of fused-ring (bicyclic) bond motifs is 3. The van der Waals surface area contributed by atoms with Crippen LogP contribution in [0, 0.1) is 6.92 Å². The summed E-state index contributed by atoms with van der Waals surface area (Å²) in [5.41, 5.74) is 0.319. The zero-order valence-corrected chi connectivity index (χ0v) is 26.8. The van der Waals surface area contributed by atoms with Crippen molar-refractivity contribution in [2.45, 2.75) is 18.0 Å². The van der Waals surface area contributed by atoms with Gasteiger partial charge in [-0.25, -0.2) is 19.4 Å². The standard InChI is InChI=1S/C33H25F3N7O5S/c1-20-4-9-24(10-5-20)49(45,46)48-43(23-8-12-28(42-19-37-18-40-42)26(15-23)33(34,35)36)31-25-14-21(22-7-13-30(47-3)39-16-22)6-11-27(25)38-17-29(31)41(2)32(43)44/h4-19H,1-3H3/q+1.